The summed E-state index contributed by atoms with van der Waals surface area (Å²) in [6.45, 7) is 4.15. The molecule has 0 saturated carbocycles. The van der Waals surface area contributed by atoms with E-state index in [-0.39, 0.29) is 5.56 Å². The van der Waals surface area contributed by atoms with Crippen LogP contribution in [-0.4, -0.2) is 47.8 Å². The monoisotopic (exact) mass is 275 g/mol. The van der Waals surface area contributed by atoms with E-state index in [0.29, 0.717) is 12.1 Å². The number of rotatable bonds is 6. The van der Waals surface area contributed by atoms with Crippen molar-refractivity contribution in [3.8, 4) is 0 Å². The minimum atomic E-state index is -0.959. The van der Waals surface area contributed by atoms with Gasteiger partial charge in [0.2, 0.25) is 0 Å². The zero-order valence-electron chi connectivity index (χ0n) is 11.5. The molecule has 1 N–H and O–H groups in total. The Hall–Kier alpha value is -2.21. The third kappa shape index (κ3) is 2.85. The van der Waals surface area contributed by atoms with E-state index in [1.165, 1.54) is 6.33 Å². The van der Waals surface area contributed by atoms with Crippen LogP contribution in [0.5, 0.6) is 0 Å². The van der Waals surface area contributed by atoms with E-state index in [9.17, 15) is 4.79 Å². The molecule has 6 heteroatoms. The topological polar surface area (TPSA) is 75.5 Å². The number of benzene rings is 1. The number of carbonyl (C=O) groups is 1. The van der Waals surface area contributed by atoms with Gasteiger partial charge in [-0.2, -0.15) is 0 Å². The molecule has 0 aliphatic rings. The summed E-state index contributed by atoms with van der Waals surface area (Å²) < 4.78 is 5.10. The summed E-state index contributed by atoms with van der Waals surface area (Å²) in [4.78, 5) is 21.5. The Kier molecular flexibility index (Phi) is 4.47. The minimum absolute atomic E-state index is 0.224. The van der Waals surface area contributed by atoms with E-state index in [1.54, 1.807) is 25.3 Å². The maximum atomic E-state index is 11.0. The molecule has 0 aliphatic carbocycles. The molecule has 106 valence electrons. The van der Waals surface area contributed by atoms with Crippen molar-refractivity contribution in [2.24, 2.45) is 0 Å². The fourth-order valence-corrected chi connectivity index (χ4v) is 2.04. The second kappa shape index (κ2) is 6.29. The molecule has 1 aromatic carbocycles. The quantitative estimate of drug-likeness (QED) is 0.866. The summed E-state index contributed by atoms with van der Waals surface area (Å²) in [6.07, 6.45) is 1.46. The number of likely N-dealkylation sites (N-methyl/N-ethyl adjacent to an activating group) is 1. The molecule has 1 aromatic heterocycles. The van der Waals surface area contributed by atoms with Crippen molar-refractivity contribution in [2.75, 3.05) is 31.7 Å². The first kappa shape index (κ1) is 14.2. The van der Waals surface area contributed by atoms with Crippen molar-refractivity contribution in [1.29, 1.82) is 0 Å². The summed E-state index contributed by atoms with van der Waals surface area (Å²) in [5.74, 6) is -0.162. The number of carboxylic acids is 1. The van der Waals surface area contributed by atoms with Crippen LogP contribution in [-0.2, 0) is 4.74 Å². The van der Waals surface area contributed by atoms with Crippen molar-refractivity contribution in [1.82, 2.24) is 9.97 Å². The predicted molar refractivity (Wildman–Crippen MR) is 76.3 cm³/mol. The van der Waals surface area contributed by atoms with E-state index in [0.717, 1.165) is 24.3 Å². The molecule has 0 saturated heterocycles. The SMILES string of the molecule is CCN(CCOC)c1ncnc2cc(C(=O)O)ccc12. The predicted octanol–water partition coefficient (Wildman–Crippen LogP) is 1.80. The van der Waals surface area contributed by atoms with Gasteiger partial charge in [0.05, 0.1) is 17.7 Å². The van der Waals surface area contributed by atoms with Crippen LogP contribution in [0.15, 0.2) is 24.5 Å². The van der Waals surface area contributed by atoms with Crippen LogP contribution in [0.2, 0.25) is 0 Å². The molecule has 0 aliphatic heterocycles. The molecule has 2 rings (SSSR count). The highest BCUT2D eigenvalue weighted by Crippen LogP contribution is 2.23. The molecule has 0 atom stereocenters. The lowest BCUT2D eigenvalue weighted by Crippen LogP contribution is -2.28. The first-order chi connectivity index (χ1) is 9.67. The van der Waals surface area contributed by atoms with Gasteiger partial charge in [-0.3, -0.25) is 0 Å². The first-order valence-corrected chi connectivity index (χ1v) is 6.39. The molecule has 0 radical (unpaired) electrons. The van der Waals surface area contributed by atoms with Crippen LogP contribution in [0, 0.1) is 0 Å². The van der Waals surface area contributed by atoms with E-state index in [1.807, 2.05) is 6.92 Å². The average molecular weight is 275 g/mol. The fourth-order valence-electron chi connectivity index (χ4n) is 2.04. The molecule has 0 fully saturated rings. The number of methoxy groups -OCH3 is 1. The van der Waals surface area contributed by atoms with Crippen molar-refractivity contribution in [3.63, 3.8) is 0 Å². The first-order valence-electron chi connectivity index (χ1n) is 6.39. The van der Waals surface area contributed by atoms with Crippen LogP contribution in [0.1, 0.15) is 17.3 Å². The Labute approximate surface area is 117 Å². The normalized spacial score (nSPS) is 10.7. The van der Waals surface area contributed by atoms with Crippen molar-refractivity contribution in [2.45, 2.75) is 6.92 Å². The van der Waals surface area contributed by atoms with Gasteiger partial charge < -0.3 is 14.7 Å². The number of anilines is 1. The Bertz CT molecular complexity index is 616. The number of nitrogens with zero attached hydrogens (tertiary/aromatic N) is 3. The van der Waals surface area contributed by atoms with Crippen LogP contribution in [0.4, 0.5) is 5.82 Å². The van der Waals surface area contributed by atoms with Crippen LogP contribution < -0.4 is 4.90 Å². The van der Waals surface area contributed by atoms with Crippen LogP contribution in [0.3, 0.4) is 0 Å². The summed E-state index contributed by atoms with van der Waals surface area (Å²) >= 11 is 0. The van der Waals surface area contributed by atoms with Gasteiger partial charge in [-0.25, -0.2) is 14.8 Å². The van der Waals surface area contributed by atoms with Gasteiger partial charge in [0.25, 0.3) is 0 Å². The Balaban J connectivity index is 2.45. The molecule has 0 bridgehead atoms. The summed E-state index contributed by atoms with van der Waals surface area (Å²) in [7, 11) is 1.66. The molecule has 20 heavy (non-hydrogen) atoms. The van der Waals surface area contributed by atoms with Gasteiger partial charge in [0, 0.05) is 25.6 Å². The lowest BCUT2D eigenvalue weighted by atomic mass is 10.1. The Morgan fingerprint density at radius 2 is 2.20 bits per heavy atom. The average Bonchev–Trinajstić information content (AvgIpc) is 2.47. The second-order valence-corrected chi connectivity index (χ2v) is 4.31. The number of ether oxygens (including phenoxy) is 1. The molecule has 0 amide bonds. The highest BCUT2D eigenvalue weighted by molar-refractivity contribution is 5.96. The number of aromatic nitrogens is 2. The third-order valence-corrected chi connectivity index (χ3v) is 3.11. The zero-order valence-corrected chi connectivity index (χ0v) is 11.5. The van der Waals surface area contributed by atoms with E-state index in [2.05, 4.69) is 14.9 Å². The number of hydrogen-bond acceptors (Lipinski definition) is 5. The smallest absolute Gasteiger partial charge is 0.335 e. The largest absolute Gasteiger partial charge is 0.478 e. The maximum Gasteiger partial charge on any atom is 0.335 e. The van der Waals surface area contributed by atoms with Gasteiger partial charge in [0.1, 0.15) is 12.1 Å². The number of fused-ring (bicyclic) bond motifs is 1. The lowest BCUT2D eigenvalue weighted by Gasteiger charge is -2.22. The number of carboxylic acid groups (broad SMARTS) is 1. The summed E-state index contributed by atoms with van der Waals surface area (Å²) in [6, 6.07) is 4.89. The molecule has 2 aromatic rings. The molecule has 6 nitrogen and oxygen atoms in total. The van der Waals surface area contributed by atoms with E-state index < -0.39 is 5.97 Å². The van der Waals surface area contributed by atoms with E-state index >= 15 is 0 Å². The maximum absolute atomic E-state index is 11.0. The Morgan fingerprint density at radius 3 is 2.85 bits per heavy atom. The van der Waals surface area contributed by atoms with Crippen molar-refractivity contribution < 1.29 is 14.6 Å². The molecule has 0 spiro atoms. The zero-order chi connectivity index (χ0) is 14.5. The van der Waals surface area contributed by atoms with Crippen molar-refractivity contribution in [3.05, 3.63) is 30.1 Å². The van der Waals surface area contributed by atoms with Gasteiger partial charge >= 0.3 is 5.97 Å². The van der Waals surface area contributed by atoms with Crippen molar-refractivity contribution >= 4 is 22.7 Å². The number of hydrogen-bond donors (Lipinski definition) is 1. The van der Waals surface area contributed by atoms with Gasteiger partial charge in [0.15, 0.2) is 0 Å². The van der Waals surface area contributed by atoms with Crippen LogP contribution in [0.25, 0.3) is 10.9 Å². The molecular weight excluding hydrogens is 258 g/mol. The Morgan fingerprint density at radius 1 is 1.40 bits per heavy atom. The van der Waals surface area contributed by atoms with Gasteiger partial charge in [-0.15, -0.1) is 0 Å². The standard InChI is InChI=1S/C14H17N3O3/c1-3-17(6-7-20-2)13-11-5-4-10(14(18)19)8-12(11)15-9-16-13/h4-5,8-9H,3,6-7H2,1-2H3,(H,18,19). The van der Waals surface area contributed by atoms with Crippen LogP contribution >= 0.6 is 0 Å². The molecule has 1 heterocycles. The molecular formula is C14H17N3O3. The number of aromatic carboxylic acids is 1. The molecule has 0 unspecified atom stereocenters. The fraction of sp³-hybridized carbons (Fsp3) is 0.357. The summed E-state index contributed by atoms with van der Waals surface area (Å²) in [5, 5.41) is 9.86. The lowest BCUT2D eigenvalue weighted by molar-refractivity contribution is 0.0697. The van der Waals surface area contributed by atoms with Gasteiger partial charge in [-0.1, -0.05) is 0 Å². The third-order valence-electron chi connectivity index (χ3n) is 3.11. The summed E-state index contributed by atoms with van der Waals surface area (Å²) in [5.41, 5.74) is 0.854. The van der Waals surface area contributed by atoms with Gasteiger partial charge in [-0.05, 0) is 25.1 Å². The highest BCUT2D eigenvalue weighted by Gasteiger charge is 2.12. The highest BCUT2D eigenvalue weighted by atomic mass is 16.5. The van der Waals surface area contributed by atoms with E-state index in [4.69, 9.17) is 9.84 Å². The minimum Gasteiger partial charge on any atom is -0.478 e. The second-order valence-electron chi connectivity index (χ2n) is 4.31.